The molecule has 0 bridgehead atoms. The number of ether oxygens (including phenoxy) is 3. The van der Waals surface area contributed by atoms with Crippen molar-refractivity contribution >= 4 is 23.3 Å². The molecule has 29 heavy (non-hydrogen) atoms. The van der Waals surface area contributed by atoms with Crippen molar-refractivity contribution in [2.45, 2.75) is 13.5 Å². The second-order valence-corrected chi connectivity index (χ2v) is 6.66. The molecule has 0 saturated carbocycles. The molecule has 1 N–H and O–H groups in total. The number of benzene rings is 2. The molecule has 0 aliphatic rings. The Balaban J connectivity index is 1.84. The lowest BCUT2D eigenvalue weighted by atomic mass is 10.1. The predicted octanol–water partition coefficient (Wildman–Crippen LogP) is 4.17. The monoisotopic (exact) mass is 415 g/mol. The quantitative estimate of drug-likeness (QED) is 0.626. The molecule has 1 heterocycles. The molecule has 7 nitrogen and oxygen atoms in total. The zero-order valence-electron chi connectivity index (χ0n) is 16.7. The lowest BCUT2D eigenvalue weighted by Crippen LogP contribution is -2.15. The fraction of sp³-hybridized carbons (Fsp3) is 0.238. The normalized spacial score (nSPS) is 10.5. The highest BCUT2D eigenvalue weighted by Gasteiger charge is 2.21. The van der Waals surface area contributed by atoms with Crippen LogP contribution >= 0.6 is 11.6 Å². The Kier molecular flexibility index (Phi) is 6.29. The van der Waals surface area contributed by atoms with E-state index in [0.29, 0.717) is 34.4 Å². The molecule has 8 heteroatoms. The van der Waals surface area contributed by atoms with Crippen LogP contribution in [0.15, 0.2) is 42.5 Å². The minimum atomic E-state index is -0.370. The highest BCUT2D eigenvalue weighted by Crippen LogP contribution is 2.39. The summed E-state index contributed by atoms with van der Waals surface area (Å²) in [5.41, 5.74) is 2.14. The van der Waals surface area contributed by atoms with Crippen LogP contribution in [-0.4, -0.2) is 37.0 Å². The standard InChI is InChI=1S/C21H22ClN3O4/c1-13-11-18(24-25(13)12-14-7-5-6-8-16(14)22)23-21(26)15-9-10-17(27-2)20(29-4)19(15)28-3/h5-11H,12H2,1-4H3,(H,23,24,26). The Bertz CT molecular complexity index is 1030. The number of rotatable bonds is 7. The maximum absolute atomic E-state index is 12.8. The van der Waals surface area contributed by atoms with E-state index in [1.54, 1.807) is 22.9 Å². The van der Waals surface area contributed by atoms with E-state index in [1.807, 2.05) is 31.2 Å². The van der Waals surface area contributed by atoms with Gasteiger partial charge >= 0.3 is 0 Å². The predicted molar refractivity (Wildman–Crippen MR) is 112 cm³/mol. The molecule has 0 aliphatic carbocycles. The first kappa shape index (κ1) is 20.5. The topological polar surface area (TPSA) is 74.6 Å². The third-order valence-electron chi connectivity index (χ3n) is 4.45. The summed E-state index contributed by atoms with van der Waals surface area (Å²) in [7, 11) is 4.48. The van der Waals surface area contributed by atoms with Crippen LogP contribution in [0.5, 0.6) is 17.2 Å². The first-order chi connectivity index (χ1) is 14.0. The van der Waals surface area contributed by atoms with Crippen LogP contribution in [0.25, 0.3) is 0 Å². The highest BCUT2D eigenvalue weighted by molar-refractivity contribution is 6.31. The number of carbonyl (C=O) groups is 1. The van der Waals surface area contributed by atoms with E-state index in [0.717, 1.165) is 11.3 Å². The van der Waals surface area contributed by atoms with E-state index in [4.69, 9.17) is 25.8 Å². The van der Waals surface area contributed by atoms with E-state index in [2.05, 4.69) is 10.4 Å². The third-order valence-corrected chi connectivity index (χ3v) is 4.82. The van der Waals surface area contributed by atoms with E-state index < -0.39 is 0 Å². The summed E-state index contributed by atoms with van der Waals surface area (Å²) in [5.74, 6) is 1.17. The maximum Gasteiger partial charge on any atom is 0.260 e. The van der Waals surface area contributed by atoms with Crippen molar-refractivity contribution in [2.75, 3.05) is 26.6 Å². The van der Waals surface area contributed by atoms with E-state index in [-0.39, 0.29) is 11.7 Å². The SMILES string of the molecule is COc1ccc(C(=O)Nc2cc(C)n(Cc3ccccc3Cl)n2)c(OC)c1OC. The van der Waals surface area contributed by atoms with Gasteiger partial charge in [-0.1, -0.05) is 29.8 Å². The largest absolute Gasteiger partial charge is 0.493 e. The summed E-state index contributed by atoms with van der Waals surface area (Å²) >= 11 is 6.24. The van der Waals surface area contributed by atoms with Gasteiger partial charge in [0.1, 0.15) is 0 Å². The van der Waals surface area contributed by atoms with Crippen LogP contribution in [0, 0.1) is 6.92 Å². The van der Waals surface area contributed by atoms with Gasteiger partial charge in [0.15, 0.2) is 17.3 Å². The molecule has 0 saturated heterocycles. The average molecular weight is 416 g/mol. The molecule has 3 aromatic rings. The molecule has 0 aliphatic heterocycles. The lowest BCUT2D eigenvalue weighted by Gasteiger charge is -2.15. The van der Waals surface area contributed by atoms with Crippen LogP contribution < -0.4 is 19.5 Å². The van der Waals surface area contributed by atoms with Crippen LogP contribution in [-0.2, 0) is 6.54 Å². The molecule has 0 fully saturated rings. The minimum Gasteiger partial charge on any atom is -0.493 e. The van der Waals surface area contributed by atoms with Crippen molar-refractivity contribution in [3.05, 3.63) is 64.3 Å². The Hall–Kier alpha value is -3.19. The number of amides is 1. The average Bonchev–Trinajstić information content (AvgIpc) is 3.06. The van der Waals surface area contributed by atoms with Crippen molar-refractivity contribution in [1.29, 1.82) is 0 Å². The molecule has 3 rings (SSSR count). The molecule has 0 unspecified atom stereocenters. The van der Waals surface area contributed by atoms with Gasteiger partial charge in [0.25, 0.3) is 5.91 Å². The number of nitrogens with one attached hydrogen (secondary N) is 1. The number of nitrogens with zero attached hydrogens (tertiary/aromatic N) is 2. The zero-order chi connectivity index (χ0) is 21.0. The second kappa shape index (κ2) is 8.87. The van der Waals surface area contributed by atoms with Crippen LogP contribution in [0.2, 0.25) is 5.02 Å². The van der Waals surface area contributed by atoms with Crippen LogP contribution in [0.1, 0.15) is 21.6 Å². The molecule has 1 aromatic heterocycles. The second-order valence-electron chi connectivity index (χ2n) is 6.26. The molecular formula is C21H22ClN3O4. The number of aryl methyl sites for hydroxylation is 1. The minimum absolute atomic E-state index is 0.288. The zero-order valence-corrected chi connectivity index (χ0v) is 17.4. The number of carbonyl (C=O) groups excluding carboxylic acids is 1. The third kappa shape index (κ3) is 4.30. The number of methoxy groups -OCH3 is 3. The van der Waals surface area contributed by atoms with Crippen LogP contribution in [0.4, 0.5) is 5.82 Å². The van der Waals surface area contributed by atoms with Crippen molar-refractivity contribution in [1.82, 2.24) is 9.78 Å². The molecule has 0 radical (unpaired) electrons. The van der Waals surface area contributed by atoms with Gasteiger partial charge in [0.2, 0.25) is 5.75 Å². The molecule has 0 atom stereocenters. The van der Waals surface area contributed by atoms with Gasteiger partial charge in [-0.25, -0.2) is 0 Å². The van der Waals surface area contributed by atoms with Crippen molar-refractivity contribution < 1.29 is 19.0 Å². The Labute approximate surface area is 174 Å². The van der Waals surface area contributed by atoms with Gasteiger partial charge in [0.05, 0.1) is 33.4 Å². The van der Waals surface area contributed by atoms with Gasteiger partial charge in [-0.2, -0.15) is 5.10 Å². The van der Waals surface area contributed by atoms with Gasteiger partial charge in [0, 0.05) is 16.8 Å². The van der Waals surface area contributed by atoms with Gasteiger partial charge in [-0.3, -0.25) is 9.48 Å². The lowest BCUT2D eigenvalue weighted by molar-refractivity contribution is 0.102. The summed E-state index contributed by atoms with van der Waals surface area (Å²) in [6.45, 7) is 2.41. The molecule has 2 aromatic carbocycles. The summed E-state index contributed by atoms with van der Waals surface area (Å²) in [5, 5.41) is 7.95. The van der Waals surface area contributed by atoms with Crippen molar-refractivity contribution in [3.63, 3.8) is 0 Å². The Morgan fingerprint density at radius 1 is 1.07 bits per heavy atom. The van der Waals surface area contributed by atoms with E-state index >= 15 is 0 Å². The fourth-order valence-electron chi connectivity index (χ4n) is 2.98. The number of anilines is 1. The van der Waals surface area contributed by atoms with Crippen LogP contribution in [0.3, 0.4) is 0 Å². The summed E-state index contributed by atoms with van der Waals surface area (Å²) < 4.78 is 17.8. The number of aromatic nitrogens is 2. The molecule has 0 spiro atoms. The molecule has 152 valence electrons. The summed E-state index contributed by atoms with van der Waals surface area (Å²) in [6, 6.07) is 12.6. The molecule has 1 amide bonds. The fourth-order valence-corrected chi connectivity index (χ4v) is 3.18. The number of hydrogen-bond donors (Lipinski definition) is 1. The maximum atomic E-state index is 12.8. The Morgan fingerprint density at radius 2 is 1.79 bits per heavy atom. The number of hydrogen-bond acceptors (Lipinski definition) is 5. The number of halogens is 1. The van der Waals surface area contributed by atoms with Crippen molar-refractivity contribution in [2.24, 2.45) is 0 Å². The first-order valence-corrected chi connectivity index (χ1v) is 9.24. The Morgan fingerprint density at radius 3 is 2.45 bits per heavy atom. The highest BCUT2D eigenvalue weighted by atomic mass is 35.5. The first-order valence-electron chi connectivity index (χ1n) is 8.86. The molecular weight excluding hydrogens is 394 g/mol. The van der Waals surface area contributed by atoms with Crippen molar-refractivity contribution in [3.8, 4) is 17.2 Å². The van der Waals surface area contributed by atoms with Gasteiger partial charge in [-0.05, 0) is 30.7 Å². The van der Waals surface area contributed by atoms with Gasteiger partial charge < -0.3 is 19.5 Å². The smallest absolute Gasteiger partial charge is 0.260 e. The van der Waals surface area contributed by atoms with E-state index in [9.17, 15) is 4.79 Å². The summed E-state index contributed by atoms with van der Waals surface area (Å²) in [6.07, 6.45) is 0. The van der Waals surface area contributed by atoms with Gasteiger partial charge in [-0.15, -0.1) is 0 Å². The van der Waals surface area contributed by atoms with E-state index in [1.165, 1.54) is 21.3 Å². The summed E-state index contributed by atoms with van der Waals surface area (Å²) in [4.78, 5) is 12.8.